The molecule has 2 nitrogen and oxygen atoms in total. The summed E-state index contributed by atoms with van der Waals surface area (Å²) in [6.07, 6.45) is 1.66. The third kappa shape index (κ3) is 1.03. The highest BCUT2D eigenvalue weighted by Crippen LogP contribution is 2.14. The molecule has 0 spiro atoms. The van der Waals surface area contributed by atoms with Gasteiger partial charge in [0.05, 0.1) is 0 Å². The van der Waals surface area contributed by atoms with Crippen molar-refractivity contribution < 1.29 is 0 Å². The van der Waals surface area contributed by atoms with Gasteiger partial charge >= 0.3 is 0 Å². The number of hydrogen-bond donors (Lipinski definition) is 0. The van der Waals surface area contributed by atoms with E-state index in [4.69, 9.17) is 5.73 Å². The Morgan fingerprint density at radius 2 is 1.82 bits per heavy atom. The van der Waals surface area contributed by atoms with Crippen LogP contribution in [0.2, 0.25) is 0 Å². The van der Waals surface area contributed by atoms with E-state index in [1.807, 2.05) is 24.3 Å². The third-order valence-corrected chi connectivity index (χ3v) is 1.62. The number of rotatable bonds is 0. The molecule has 0 atom stereocenters. The summed E-state index contributed by atoms with van der Waals surface area (Å²) in [5.41, 5.74) is 9.02. The smallest absolute Gasteiger partial charge is 0.175 e. The Morgan fingerprint density at radius 3 is 2.64 bits per heavy atom. The first-order chi connectivity index (χ1) is 5.36. The lowest BCUT2D eigenvalue weighted by molar-refractivity contribution is 1.28. The van der Waals surface area contributed by atoms with Crippen LogP contribution in [0.5, 0.6) is 0 Å². The maximum atomic E-state index is 9.02. The topological polar surface area (TPSA) is 35.2 Å². The molecule has 2 heteroatoms. The summed E-state index contributed by atoms with van der Waals surface area (Å²) in [5, 5.41) is 2.06. The van der Waals surface area contributed by atoms with E-state index in [1.54, 1.807) is 12.3 Å². The van der Waals surface area contributed by atoms with E-state index < -0.39 is 0 Å². The van der Waals surface area contributed by atoms with E-state index >= 15 is 0 Å². The van der Waals surface area contributed by atoms with Crippen molar-refractivity contribution in [2.75, 3.05) is 0 Å². The fraction of sp³-hybridized carbons (Fsp3) is 0. The van der Waals surface area contributed by atoms with Crippen molar-refractivity contribution in [3.8, 4) is 0 Å². The van der Waals surface area contributed by atoms with Gasteiger partial charge in [0.25, 0.3) is 0 Å². The maximum Gasteiger partial charge on any atom is 0.175 e. The van der Waals surface area contributed by atoms with Gasteiger partial charge in [0.1, 0.15) is 0 Å². The van der Waals surface area contributed by atoms with Gasteiger partial charge < -0.3 is 0 Å². The van der Waals surface area contributed by atoms with Crippen LogP contribution in [-0.2, 0) is 0 Å². The summed E-state index contributed by atoms with van der Waals surface area (Å²) in [6, 6.07) is 9.43. The molecule has 0 amide bonds. The minimum absolute atomic E-state index is 0.0729. The van der Waals surface area contributed by atoms with Crippen molar-refractivity contribution in [3.05, 3.63) is 36.5 Å². The molecule has 1 aromatic heterocycles. The molecular weight excluding hydrogens is 136 g/mol. The summed E-state index contributed by atoms with van der Waals surface area (Å²) in [5.74, 6) is 0.0729. The molecule has 11 heavy (non-hydrogen) atoms. The average Bonchev–Trinajstić information content (AvgIpc) is 2.04. The summed E-state index contributed by atoms with van der Waals surface area (Å²) >= 11 is 0. The third-order valence-electron chi connectivity index (χ3n) is 1.62. The molecule has 0 N–H and O–H groups in total. The molecular formula is C9H6N2. The van der Waals surface area contributed by atoms with Crippen molar-refractivity contribution in [3.63, 3.8) is 0 Å². The molecule has 2 aromatic rings. The van der Waals surface area contributed by atoms with E-state index in [0.29, 0.717) is 0 Å². The first-order valence-electron chi connectivity index (χ1n) is 3.40. The van der Waals surface area contributed by atoms with Crippen LogP contribution in [0.3, 0.4) is 0 Å². The summed E-state index contributed by atoms with van der Waals surface area (Å²) < 4.78 is 0. The van der Waals surface area contributed by atoms with Crippen LogP contribution < -0.4 is 5.73 Å². The average molecular weight is 142 g/mol. The number of nitrogens with zero attached hydrogens (tertiary/aromatic N) is 2. The van der Waals surface area contributed by atoms with Gasteiger partial charge in [-0.3, -0.25) is 0 Å². The highest BCUT2D eigenvalue weighted by Gasteiger charge is 1.92. The SMILES string of the molecule is [N]c1cc2ccccc2cn1. The first kappa shape index (κ1) is 6.16. The van der Waals surface area contributed by atoms with Gasteiger partial charge in [-0.1, -0.05) is 24.3 Å². The molecule has 1 aromatic carbocycles. The molecule has 0 bridgehead atoms. The van der Waals surface area contributed by atoms with Gasteiger partial charge in [-0.15, -0.1) is 5.73 Å². The predicted octanol–water partition coefficient (Wildman–Crippen LogP) is 1.93. The van der Waals surface area contributed by atoms with Crippen molar-refractivity contribution in [2.24, 2.45) is 0 Å². The number of benzene rings is 1. The molecule has 2 radical (unpaired) electrons. The molecule has 1 heterocycles. The van der Waals surface area contributed by atoms with Gasteiger partial charge in [0.15, 0.2) is 5.82 Å². The molecule has 52 valence electrons. The molecule has 0 aliphatic carbocycles. The molecule has 0 fully saturated rings. The van der Waals surface area contributed by atoms with Crippen LogP contribution in [0.4, 0.5) is 5.82 Å². The lowest BCUT2D eigenvalue weighted by Gasteiger charge is -1.94. The van der Waals surface area contributed by atoms with Crippen molar-refractivity contribution in [2.45, 2.75) is 0 Å². The monoisotopic (exact) mass is 142 g/mol. The minimum atomic E-state index is 0.0729. The Hall–Kier alpha value is -1.57. The van der Waals surface area contributed by atoms with E-state index in [1.165, 1.54) is 0 Å². The largest absolute Gasteiger partial charge is 0.235 e. The first-order valence-corrected chi connectivity index (χ1v) is 3.40. The van der Waals surface area contributed by atoms with E-state index in [0.717, 1.165) is 10.8 Å². The van der Waals surface area contributed by atoms with E-state index in [-0.39, 0.29) is 5.82 Å². The Morgan fingerprint density at radius 1 is 1.09 bits per heavy atom. The summed E-state index contributed by atoms with van der Waals surface area (Å²) in [7, 11) is 0. The van der Waals surface area contributed by atoms with Crippen molar-refractivity contribution in [1.29, 1.82) is 0 Å². The van der Waals surface area contributed by atoms with Gasteiger partial charge in [0.2, 0.25) is 0 Å². The molecule has 0 unspecified atom stereocenters. The Kier molecular flexibility index (Phi) is 1.25. The number of aromatic nitrogens is 1. The zero-order chi connectivity index (χ0) is 7.68. The minimum Gasteiger partial charge on any atom is -0.235 e. The number of hydrogen-bond acceptors (Lipinski definition) is 1. The normalized spacial score (nSPS) is 10.2. The fourth-order valence-corrected chi connectivity index (χ4v) is 1.07. The van der Waals surface area contributed by atoms with Crippen LogP contribution in [0.25, 0.3) is 10.8 Å². The highest BCUT2D eigenvalue weighted by atomic mass is 14.8. The van der Waals surface area contributed by atoms with Crippen LogP contribution in [0.1, 0.15) is 0 Å². The number of pyridine rings is 1. The second-order valence-corrected chi connectivity index (χ2v) is 2.39. The van der Waals surface area contributed by atoms with E-state index in [2.05, 4.69) is 4.98 Å². The zero-order valence-corrected chi connectivity index (χ0v) is 5.86. The second-order valence-electron chi connectivity index (χ2n) is 2.39. The number of fused-ring (bicyclic) bond motifs is 1. The van der Waals surface area contributed by atoms with Crippen molar-refractivity contribution >= 4 is 16.6 Å². The maximum absolute atomic E-state index is 9.02. The van der Waals surface area contributed by atoms with Crippen molar-refractivity contribution in [1.82, 2.24) is 10.7 Å². The molecule has 0 aliphatic rings. The molecule has 0 saturated carbocycles. The summed E-state index contributed by atoms with van der Waals surface area (Å²) in [4.78, 5) is 3.76. The quantitative estimate of drug-likeness (QED) is 0.553. The van der Waals surface area contributed by atoms with Crippen LogP contribution in [0, 0.1) is 0 Å². The van der Waals surface area contributed by atoms with E-state index in [9.17, 15) is 0 Å². The molecule has 0 aliphatic heterocycles. The van der Waals surface area contributed by atoms with Gasteiger partial charge in [-0.05, 0) is 11.5 Å². The predicted molar refractivity (Wildman–Crippen MR) is 43.5 cm³/mol. The summed E-state index contributed by atoms with van der Waals surface area (Å²) in [6.45, 7) is 0. The molecule has 2 rings (SSSR count). The lowest BCUT2D eigenvalue weighted by Crippen LogP contribution is -1.77. The lowest BCUT2D eigenvalue weighted by atomic mass is 10.2. The zero-order valence-electron chi connectivity index (χ0n) is 5.86. The van der Waals surface area contributed by atoms with Crippen LogP contribution >= 0.6 is 0 Å². The Balaban J connectivity index is 2.83. The Bertz CT molecular complexity index is 382. The fourth-order valence-electron chi connectivity index (χ4n) is 1.07. The van der Waals surface area contributed by atoms with Crippen LogP contribution in [-0.4, -0.2) is 4.98 Å². The van der Waals surface area contributed by atoms with Gasteiger partial charge in [0, 0.05) is 11.6 Å². The molecule has 0 saturated heterocycles. The van der Waals surface area contributed by atoms with Gasteiger partial charge in [-0.25, -0.2) is 4.98 Å². The Labute approximate surface area is 64.7 Å². The standard InChI is InChI=1S/C9H6N2/c10-9-5-7-3-1-2-4-8(7)6-11-9/h1-6H. The van der Waals surface area contributed by atoms with Crippen LogP contribution in [0.15, 0.2) is 36.5 Å². The van der Waals surface area contributed by atoms with Gasteiger partial charge in [-0.2, -0.15) is 0 Å². The second kappa shape index (κ2) is 2.23. The highest BCUT2D eigenvalue weighted by molar-refractivity contribution is 5.83.